The van der Waals surface area contributed by atoms with E-state index in [1.165, 1.54) is 161 Å². The molecule has 6 nitrogen and oxygen atoms in total. The zero-order valence-corrected chi connectivity index (χ0v) is 38.3. The van der Waals surface area contributed by atoms with Gasteiger partial charge in [0.15, 0.2) is 6.10 Å². The molecule has 0 aromatic rings. The van der Waals surface area contributed by atoms with Gasteiger partial charge in [-0.05, 0) is 31.1 Å². The minimum atomic E-state index is -0.761. The van der Waals surface area contributed by atoms with Crippen LogP contribution in [0.3, 0.4) is 0 Å². The second-order valence-electron chi connectivity index (χ2n) is 17.8. The van der Waals surface area contributed by atoms with Gasteiger partial charge in [0, 0.05) is 19.3 Å². The van der Waals surface area contributed by atoms with E-state index in [1.807, 2.05) is 0 Å². The third-order valence-electron chi connectivity index (χ3n) is 11.6. The Morgan fingerprint density at radius 1 is 0.375 bits per heavy atom. The van der Waals surface area contributed by atoms with Crippen molar-refractivity contribution < 1.29 is 28.6 Å². The Bertz CT molecular complexity index is 856. The van der Waals surface area contributed by atoms with Crippen LogP contribution >= 0.6 is 0 Å². The van der Waals surface area contributed by atoms with Crippen LogP contribution in [0.1, 0.15) is 272 Å². The zero-order valence-electron chi connectivity index (χ0n) is 38.3. The molecule has 0 saturated carbocycles. The highest BCUT2D eigenvalue weighted by Gasteiger charge is 2.19. The van der Waals surface area contributed by atoms with E-state index < -0.39 is 6.10 Å². The molecule has 6 heteroatoms. The number of hydrogen-bond donors (Lipinski definition) is 0. The largest absolute Gasteiger partial charge is 0.462 e. The van der Waals surface area contributed by atoms with Gasteiger partial charge in [0.1, 0.15) is 13.2 Å². The lowest BCUT2D eigenvalue weighted by molar-refractivity contribution is -0.167. The van der Waals surface area contributed by atoms with Gasteiger partial charge in [0.2, 0.25) is 0 Å². The van der Waals surface area contributed by atoms with E-state index in [1.54, 1.807) is 0 Å². The Morgan fingerprint density at radius 3 is 1.02 bits per heavy atom. The normalized spacial score (nSPS) is 12.5. The summed E-state index contributed by atoms with van der Waals surface area (Å²) in [6, 6.07) is 0. The first-order chi connectivity index (χ1) is 27.3. The molecule has 0 spiro atoms. The predicted molar refractivity (Wildman–Crippen MR) is 238 cm³/mol. The smallest absolute Gasteiger partial charge is 0.306 e. The Hall–Kier alpha value is -1.59. The fourth-order valence-corrected chi connectivity index (χ4v) is 7.43. The van der Waals surface area contributed by atoms with Crippen molar-refractivity contribution in [1.29, 1.82) is 0 Å². The van der Waals surface area contributed by atoms with Gasteiger partial charge in [-0.25, -0.2) is 0 Å². The molecule has 0 heterocycles. The second-order valence-corrected chi connectivity index (χ2v) is 17.8. The van der Waals surface area contributed by atoms with Crippen LogP contribution in [0.4, 0.5) is 0 Å². The number of unbranched alkanes of at least 4 members (excludes halogenated alkanes) is 28. The lowest BCUT2D eigenvalue weighted by Gasteiger charge is -2.18. The first-order valence-corrected chi connectivity index (χ1v) is 24.8. The second kappa shape index (κ2) is 43.0. The third kappa shape index (κ3) is 42.0. The van der Waals surface area contributed by atoms with Gasteiger partial charge in [-0.2, -0.15) is 0 Å². The number of carbonyl (C=O) groups is 3. The Kier molecular flexibility index (Phi) is 41.8. The summed E-state index contributed by atoms with van der Waals surface area (Å²) in [7, 11) is 0. The van der Waals surface area contributed by atoms with Crippen LogP contribution in [0.2, 0.25) is 0 Å². The minimum absolute atomic E-state index is 0.0646. The maximum absolute atomic E-state index is 12.8. The topological polar surface area (TPSA) is 78.9 Å². The van der Waals surface area contributed by atoms with Crippen LogP contribution in [0, 0.1) is 11.8 Å². The first kappa shape index (κ1) is 54.4. The molecule has 0 rings (SSSR count). The van der Waals surface area contributed by atoms with Crippen molar-refractivity contribution in [2.45, 2.75) is 278 Å². The van der Waals surface area contributed by atoms with Crippen molar-refractivity contribution >= 4 is 17.9 Å². The van der Waals surface area contributed by atoms with E-state index in [0.29, 0.717) is 19.3 Å². The molecule has 0 bridgehead atoms. The molecule has 1 unspecified atom stereocenters. The fraction of sp³-hybridized carbons (Fsp3) is 0.940. The van der Waals surface area contributed by atoms with E-state index in [2.05, 4.69) is 34.6 Å². The van der Waals surface area contributed by atoms with Crippen molar-refractivity contribution in [3.8, 4) is 0 Å². The van der Waals surface area contributed by atoms with Crippen LogP contribution in [0.15, 0.2) is 0 Å². The SMILES string of the molecule is CCCCCCCCCCCCCCCC(=O)OC[C@@H](COC(=O)CCCCCCCCC(C)CC)OC(=O)CCCCCCCCCCCCCCC(C)C. The molecule has 0 fully saturated rings. The first-order valence-electron chi connectivity index (χ1n) is 24.8. The van der Waals surface area contributed by atoms with Crippen molar-refractivity contribution in [3.63, 3.8) is 0 Å². The van der Waals surface area contributed by atoms with Gasteiger partial charge in [-0.1, -0.05) is 234 Å². The summed E-state index contributed by atoms with van der Waals surface area (Å²) in [5.41, 5.74) is 0. The van der Waals surface area contributed by atoms with Crippen molar-refractivity contribution in [3.05, 3.63) is 0 Å². The number of ether oxygens (including phenoxy) is 3. The van der Waals surface area contributed by atoms with Crippen LogP contribution in [-0.2, 0) is 28.6 Å². The van der Waals surface area contributed by atoms with Gasteiger partial charge in [0.25, 0.3) is 0 Å². The molecule has 0 aliphatic heterocycles. The van der Waals surface area contributed by atoms with Gasteiger partial charge >= 0.3 is 17.9 Å². The van der Waals surface area contributed by atoms with Gasteiger partial charge in [-0.15, -0.1) is 0 Å². The van der Waals surface area contributed by atoms with E-state index in [0.717, 1.165) is 69.6 Å². The predicted octanol–water partition coefficient (Wildman–Crippen LogP) is 15.8. The molecule has 0 aromatic carbocycles. The summed E-state index contributed by atoms with van der Waals surface area (Å²) in [6.07, 6.45) is 42.3. The lowest BCUT2D eigenvalue weighted by Crippen LogP contribution is -2.30. The molecule has 2 atom stereocenters. The van der Waals surface area contributed by atoms with Gasteiger partial charge < -0.3 is 14.2 Å². The maximum Gasteiger partial charge on any atom is 0.306 e. The van der Waals surface area contributed by atoms with Crippen LogP contribution in [0.5, 0.6) is 0 Å². The molecular weight excluding hydrogens is 697 g/mol. The van der Waals surface area contributed by atoms with Crippen molar-refractivity contribution in [2.75, 3.05) is 13.2 Å². The molecular formula is C50H96O6. The minimum Gasteiger partial charge on any atom is -0.462 e. The summed E-state index contributed by atoms with van der Waals surface area (Å²) in [5.74, 6) is 0.792. The number of hydrogen-bond acceptors (Lipinski definition) is 6. The summed E-state index contributed by atoms with van der Waals surface area (Å²) in [6.45, 7) is 11.3. The number of esters is 3. The van der Waals surface area contributed by atoms with Crippen LogP contribution in [0.25, 0.3) is 0 Å². The Labute approximate surface area is 348 Å². The molecule has 0 aliphatic carbocycles. The van der Waals surface area contributed by atoms with E-state index in [-0.39, 0.29) is 31.1 Å². The Morgan fingerprint density at radius 2 is 0.679 bits per heavy atom. The standard InChI is InChI=1S/C50H96O6/c1-6-8-9-10-11-12-13-14-18-21-24-30-35-40-48(51)54-43-47(44-55-49(52)41-36-31-27-26-29-34-39-46(5)7-2)56-50(53)42-37-32-25-22-19-16-15-17-20-23-28-33-38-45(3)4/h45-47H,6-44H2,1-5H3/t46?,47-/m0/s1. The summed E-state index contributed by atoms with van der Waals surface area (Å²) < 4.78 is 16.8. The molecule has 0 radical (unpaired) electrons. The zero-order chi connectivity index (χ0) is 41.2. The molecule has 0 saturated heterocycles. The highest BCUT2D eigenvalue weighted by atomic mass is 16.6. The molecule has 0 N–H and O–H groups in total. The van der Waals surface area contributed by atoms with E-state index >= 15 is 0 Å². The van der Waals surface area contributed by atoms with Crippen molar-refractivity contribution in [1.82, 2.24) is 0 Å². The summed E-state index contributed by atoms with van der Waals surface area (Å²) in [4.78, 5) is 37.8. The summed E-state index contributed by atoms with van der Waals surface area (Å²) in [5, 5.41) is 0. The average molecular weight is 793 g/mol. The highest BCUT2D eigenvalue weighted by molar-refractivity contribution is 5.71. The maximum atomic E-state index is 12.8. The number of carbonyl (C=O) groups excluding carboxylic acids is 3. The van der Waals surface area contributed by atoms with Crippen molar-refractivity contribution in [2.24, 2.45) is 11.8 Å². The van der Waals surface area contributed by atoms with E-state index in [4.69, 9.17) is 14.2 Å². The van der Waals surface area contributed by atoms with Gasteiger partial charge in [0.05, 0.1) is 0 Å². The van der Waals surface area contributed by atoms with Crippen LogP contribution < -0.4 is 0 Å². The highest BCUT2D eigenvalue weighted by Crippen LogP contribution is 2.17. The molecule has 0 aromatic heterocycles. The van der Waals surface area contributed by atoms with E-state index in [9.17, 15) is 14.4 Å². The molecule has 56 heavy (non-hydrogen) atoms. The quantitative estimate of drug-likeness (QED) is 0.0347. The van der Waals surface area contributed by atoms with Crippen LogP contribution in [-0.4, -0.2) is 37.2 Å². The summed E-state index contributed by atoms with van der Waals surface area (Å²) >= 11 is 0. The average Bonchev–Trinajstić information content (AvgIpc) is 3.18. The molecule has 0 aliphatic rings. The lowest BCUT2D eigenvalue weighted by atomic mass is 10.00. The third-order valence-corrected chi connectivity index (χ3v) is 11.6. The molecule has 0 amide bonds. The molecule has 332 valence electrons. The number of rotatable bonds is 44. The fourth-order valence-electron chi connectivity index (χ4n) is 7.43. The Balaban J connectivity index is 4.32. The monoisotopic (exact) mass is 793 g/mol. The van der Waals surface area contributed by atoms with Gasteiger partial charge in [-0.3, -0.25) is 14.4 Å².